The third-order valence-electron chi connectivity index (χ3n) is 2.81. The average molecular weight is 210 g/mol. The molecule has 14 heavy (non-hydrogen) atoms. The predicted octanol–water partition coefficient (Wildman–Crippen LogP) is 2.98. The van der Waals surface area contributed by atoms with Crippen molar-refractivity contribution in [3.8, 4) is 0 Å². The summed E-state index contributed by atoms with van der Waals surface area (Å²) in [4.78, 5) is 5.43. The molecule has 0 aromatic carbocycles. The van der Waals surface area contributed by atoms with Gasteiger partial charge in [-0.2, -0.15) is 0 Å². The highest BCUT2D eigenvalue weighted by Gasteiger charge is 2.20. The highest BCUT2D eigenvalue weighted by molar-refractivity contribution is 7.09. The van der Waals surface area contributed by atoms with Gasteiger partial charge in [-0.1, -0.05) is 12.8 Å². The molecular weight excluding hydrogens is 192 g/mol. The average Bonchev–Trinajstić information content (AvgIpc) is 2.84. The first-order valence-electron chi connectivity index (χ1n) is 5.48. The summed E-state index contributed by atoms with van der Waals surface area (Å²) >= 11 is 1.73. The number of thiazole rings is 1. The molecule has 0 spiro atoms. The Morgan fingerprint density at radius 1 is 1.64 bits per heavy atom. The molecule has 78 valence electrons. The van der Waals surface area contributed by atoms with Crippen molar-refractivity contribution >= 4 is 11.3 Å². The van der Waals surface area contributed by atoms with Gasteiger partial charge >= 0.3 is 0 Å². The van der Waals surface area contributed by atoms with E-state index in [0.29, 0.717) is 6.04 Å². The van der Waals surface area contributed by atoms with Gasteiger partial charge in [-0.3, -0.25) is 4.98 Å². The minimum Gasteiger partial charge on any atom is -0.309 e. The lowest BCUT2D eigenvalue weighted by atomic mass is 10.2. The lowest BCUT2D eigenvalue weighted by Crippen LogP contribution is -2.19. The van der Waals surface area contributed by atoms with Crippen LogP contribution in [0.25, 0.3) is 0 Å². The van der Waals surface area contributed by atoms with Crippen LogP contribution in [0.2, 0.25) is 0 Å². The van der Waals surface area contributed by atoms with Crippen LogP contribution in [0.1, 0.15) is 43.5 Å². The van der Waals surface area contributed by atoms with Crippen molar-refractivity contribution in [3.63, 3.8) is 0 Å². The lowest BCUT2D eigenvalue weighted by molar-refractivity contribution is 0.538. The molecule has 1 aromatic heterocycles. The molecule has 1 heterocycles. The molecule has 1 N–H and O–H groups in total. The summed E-state index contributed by atoms with van der Waals surface area (Å²) in [5, 5.41) is 3.54. The number of hydrogen-bond donors (Lipinski definition) is 1. The molecule has 0 aliphatic heterocycles. The summed E-state index contributed by atoms with van der Waals surface area (Å²) < 4.78 is 0. The Balaban J connectivity index is 1.59. The van der Waals surface area contributed by atoms with E-state index in [1.165, 1.54) is 30.6 Å². The number of hydrogen-bond acceptors (Lipinski definition) is 3. The van der Waals surface area contributed by atoms with Crippen LogP contribution in [0.3, 0.4) is 0 Å². The first-order chi connectivity index (χ1) is 6.86. The molecule has 3 heteroatoms. The zero-order valence-corrected chi connectivity index (χ0v) is 9.52. The SMILES string of the molecule is CC(NCCCC1CC1)c1cncs1. The van der Waals surface area contributed by atoms with Gasteiger partial charge in [0.05, 0.1) is 5.51 Å². The van der Waals surface area contributed by atoms with Crippen LogP contribution in [-0.2, 0) is 0 Å². The van der Waals surface area contributed by atoms with Crippen LogP contribution in [0, 0.1) is 5.92 Å². The number of aromatic nitrogens is 1. The second-order valence-corrected chi connectivity index (χ2v) is 5.08. The van der Waals surface area contributed by atoms with Gasteiger partial charge < -0.3 is 5.32 Å². The Hall–Kier alpha value is -0.410. The summed E-state index contributed by atoms with van der Waals surface area (Å²) in [5.41, 5.74) is 1.90. The van der Waals surface area contributed by atoms with Crippen LogP contribution in [0.4, 0.5) is 0 Å². The van der Waals surface area contributed by atoms with Gasteiger partial charge in [0.1, 0.15) is 0 Å². The fourth-order valence-corrected chi connectivity index (χ4v) is 2.31. The Labute approximate surface area is 89.8 Å². The molecule has 1 aromatic rings. The van der Waals surface area contributed by atoms with E-state index in [1.807, 2.05) is 11.7 Å². The van der Waals surface area contributed by atoms with Gasteiger partial charge in [0.2, 0.25) is 0 Å². The summed E-state index contributed by atoms with van der Waals surface area (Å²) in [5.74, 6) is 1.07. The second-order valence-electron chi connectivity index (χ2n) is 4.17. The fraction of sp³-hybridized carbons (Fsp3) is 0.727. The van der Waals surface area contributed by atoms with Gasteiger partial charge in [-0.15, -0.1) is 11.3 Å². The zero-order valence-electron chi connectivity index (χ0n) is 8.70. The third-order valence-corrected chi connectivity index (χ3v) is 3.77. The number of nitrogens with zero attached hydrogens (tertiary/aromatic N) is 1. The smallest absolute Gasteiger partial charge is 0.0794 e. The Morgan fingerprint density at radius 2 is 2.50 bits per heavy atom. The number of nitrogens with one attached hydrogen (secondary N) is 1. The predicted molar refractivity (Wildman–Crippen MR) is 60.5 cm³/mol. The Bertz CT molecular complexity index is 254. The first kappa shape index (κ1) is 10.1. The Kier molecular flexibility index (Phi) is 3.54. The van der Waals surface area contributed by atoms with Crippen LogP contribution < -0.4 is 5.32 Å². The van der Waals surface area contributed by atoms with Gasteiger partial charge in [0.25, 0.3) is 0 Å². The van der Waals surface area contributed by atoms with Crippen molar-refractivity contribution in [1.29, 1.82) is 0 Å². The normalized spacial score (nSPS) is 18.4. The maximum absolute atomic E-state index is 4.09. The first-order valence-corrected chi connectivity index (χ1v) is 6.36. The maximum atomic E-state index is 4.09. The van der Waals surface area contributed by atoms with Gasteiger partial charge in [0, 0.05) is 17.1 Å². The molecule has 1 saturated carbocycles. The molecule has 2 rings (SSSR count). The monoisotopic (exact) mass is 210 g/mol. The third kappa shape index (κ3) is 3.07. The summed E-state index contributed by atoms with van der Waals surface area (Å²) in [6.07, 6.45) is 7.66. The summed E-state index contributed by atoms with van der Waals surface area (Å²) in [6.45, 7) is 3.36. The van der Waals surface area contributed by atoms with Crippen molar-refractivity contribution < 1.29 is 0 Å². The van der Waals surface area contributed by atoms with E-state index in [4.69, 9.17) is 0 Å². The molecule has 0 radical (unpaired) electrons. The highest BCUT2D eigenvalue weighted by Crippen LogP contribution is 2.33. The van der Waals surface area contributed by atoms with E-state index in [0.717, 1.165) is 12.5 Å². The fourth-order valence-electron chi connectivity index (χ4n) is 1.66. The van der Waals surface area contributed by atoms with Crippen LogP contribution in [0.5, 0.6) is 0 Å². The second kappa shape index (κ2) is 4.89. The molecule has 1 atom stereocenters. The minimum atomic E-state index is 0.474. The minimum absolute atomic E-state index is 0.474. The standard InChI is InChI=1S/C11H18N2S/c1-9(11-7-12-8-14-11)13-6-2-3-10-4-5-10/h7-10,13H,2-6H2,1H3. The largest absolute Gasteiger partial charge is 0.309 e. The van der Waals surface area contributed by atoms with E-state index in [9.17, 15) is 0 Å². The molecule has 2 nitrogen and oxygen atoms in total. The van der Waals surface area contributed by atoms with E-state index in [1.54, 1.807) is 11.3 Å². The number of rotatable bonds is 6. The molecular formula is C11H18N2S. The van der Waals surface area contributed by atoms with E-state index in [2.05, 4.69) is 17.2 Å². The van der Waals surface area contributed by atoms with E-state index >= 15 is 0 Å². The zero-order chi connectivity index (χ0) is 9.80. The summed E-state index contributed by atoms with van der Waals surface area (Å²) in [7, 11) is 0. The molecule has 1 fully saturated rings. The van der Waals surface area contributed by atoms with Gasteiger partial charge in [-0.05, 0) is 32.2 Å². The van der Waals surface area contributed by atoms with E-state index in [-0.39, 0.29) is 0 Å². The quantitative estimate of drug-likeness (QED) is 0.730. The van der Waals surface area contributed by atoms with Gasteiger partial charge in [0.15, 0.2) is 0 Å². The molecule has 0 bridgehead atoms. The van der Waals surface area contributed by atoms with Crippen molar-refractivity contribution in [2.75, 3.05) is 6.54 Å². The summed E-state index contributed by atoms with van der Waals surface area (Å²) in [6, 6.07) is 0.474. The van der Waals surface area contributed by atoms with Crippen LogP contribution in [-0.4, -0.2) is 11.5 Å². The highest BCUT2D eigenvalue weighted by atomic mass is 32.1. The van der Waals surface area contributed by atoms with Crippen molar-refractivity contribution in [2.45, 2.75) is 38.6 Å². The maximum Gasteiger partial charge on any atom is 0.0794 e. The van der Waals surface area contributed by atoms with E-state index < -0.39 is 0 Å². The topological polar surface area (TPSA) is 24.9 Å². The molecule has 0 saturated heterocycles. The van der Waals surface area contributed by atoms with Crippen molar-refractivity contribution in [2.24, 2.45) is 5.92 Å². The van der Waals surface area contributed by atoms with Gasteiger partial charge in [-0.25, -0.2) is 0 Å². The molecule has 1 aliphatic rings. The van der Waals surface area contributed by atoms with Crippen molar-refractivity contribution in [3.05, 3.63) is 16.6 Å². The molecule has 1 unspecified atom stereocenters. The molecule has 0 amide bonds. The van der Waals surface area contributed by atoms with Crippen LogP contribution in [0.15, 0.2) is 11.7 Å². The van der Waals surface area contributed by atoms with Crippen molar-refractivity contribution in [1.82, 2.24) is 10.3 Å². The lowest BCUT2D eigenvalue weighted by Gasteiger charge is -2.10. The van der Waals surface area contributed by atoms with Crippen LogP contribution >= 0.6 is 11.3 Å². The molecule has 1 aliphatic carbocycles. The Morgan fingerprint density at radius 3 is 3.14 bits per heavy atom.